The normalized spacial score (nSPS) is 17.1. The van der Waals surface area contributed by atoms with Crippen molar-refractivity contribution in [3.05, 3.63) is 29.8 Å². The lowest BCUT2D eigenvalue weighted by Crippen LogP contribution is -2.26. The van der Waals surface area contributed by atoms with E-state index in [0.717, 1.165) is 13.0 Å². The molecule has 0 aliphatic carbocycles. The van der Waals surface area contributed by atoms with Crippen LogP contribution in [0.15, 0.2) is 24.3 Å². The number of hydrogen-bond acceptors (Lipinski definition) is 3. The molecule has 17 heavy (non-hydrogen) atoms. The smallest absolute Gasteiger partial charge is 0.407 e. The third kappa shape index (κ3) is 2.90. The highest BCUT2D eigenvalue weighted by Crippen LogP contribution is 2.32. The second kappa shape index (κ2) is 5.57. The van der Waals surface area contributed by atoms with Gasteiger partial charge < -0.3 is 15.4 Å². The molecule has 0 saturated heterocycles. The molecule has 0 fully saturated rings. The standard InChI is InChI=1S/C13H18N2O2/c1-2-17-13(16)14-8-7-10-9-15-12-6-4-3-5-11(10)12/h3-6,10,15H,2,7-9H2,1H3,(H,14,16). The predicted molar refractivity (Wildman–Crippen MR) is 67.3 cm³/mol. The maximum Gasteiger partial charge on any atom is 0.407 e. The zero-order valence-electron chi connectivity index (χ0n) is 10.0. The van der Waals surface area contributed by atoms with Crippen LogP contribution in [0, 0.1) is 0 Å². The van der Waals surface area contributed by atoms with Gasteiger partial charge in [-0.2, -0.15) is 0 Å². The summed E-state index contributed by atoms with van der Waals surface area (Å²) in [5.74, 6) is 0.480. The summed E-state index contributed by atoms with van der Waals surface area (Å²) < 4.78 is 4.81. The van der Waals surface area contributed by atoms with Crippen LogP contribution in [0.3, 0.4) is 0 Å². The summed E-state index contributed by atoms with van der Waals surface area (Å²) in [5, 5.41) is 6.12. The fraction of sp³-hybridized carbons (Fsp3) is 0.462. The molecule has 4 heteroatoms. The Kier molecular flexibility index (Phi) is 3.85. The van der Waals surface area contributed by atoms with E-state index in [1.807, 2.05) is 6.07 Å². The molecule has 4 nitrogen and oxygen atoms in total. The van der Waals surface area contributed by atoms with E-state index in [2.05, 4.69) is 28.8 Å². The van der Waals surface area contributed by atoms with Crippen molar-refractivity contribution in [3.63, 3.8) is 0 Å². The summed E-state index contributed by atoms with van der Waals surface area (Å²) in [6.45, 7) is 3.82. The Hall–Kier alpha value is -1.71. The molecule has 1 atom stereocenters. The maximum absolute atomic E-state index is 11.1. The quantitative estimate of drug-likeness (QED) is 0.840. The number of carbonyl (C=O) groups is 1. The van der Waals surface area contributed by atoms with Crippen LogP contribution in [-0.4, -0.2) is 25.8 Å². The van der Waals surface area contributed by atoms with Crippen LogP contribution in [0.2, 0.25) is 0 Å². The van der Waals surface area contributed by atoms with Gasteiger partial charge in [0.2, 0.25) is 0 Å². The summed E-state index contributed by atoms with van der Waals surface area (Å²) >= 11 is 0. The van der Waals surface area contributed by atoms with Crippen LogP contribution >= 0.6 is 0 Å². The minimum absolute atomic E-state index is 0.327. The number of amides is 1. The van der Waals surface area contributed by atoms with Crippen LogP contribution in [0.25, 0.3) is 0 Å². The summed E-state index contributed by atoms with van der Waals surface area (Å²) in [6, 6.07) is 8.32. The van der Waals surface area contributed by atoms with E-state index in [0.29, 0.717) is 19.1 Å². The number of fused-ring (bicyclic) bond motifs is 1. The minimum atomic E-state index is -0.327. The van der Waals surface area contributed by atoms with Gasteiger partial charge in [0.05, 0.1) is 6.61 Å². The first-order valence-corrected chi connectivity index (χ1v) is 6.04. The number of rotatable bonds is 4. The van der Waals surface area contributed by atoms with Gasteiger partial charge in [-0.15, -0.1) is 0 Å². The molecule has 2 N–H and O–H groups in total. The molecule has 1 aromatic carbocycles. The first-order chi connectivity index (χ1) is 8.31. The monoisotopic (exact) mass is 234 g/mol. The third-order valence-corrected chi connectivity index (χ3v) is 2.98. The molecule has 92 valence electrons. The molecular weight excluding hydrogens is 216 g/mol. The fourth-order valence-electron chi connectivity index (χ4n) is 2.15. The molecule has 1 amide bonds. The lowest BCUT2D eigenvalue weighted by atomic mass is 9.98. The molecule has 1 unspecified atom stereocenters. The van der Waals surface area contributed by atoms with Gasteiger partial charge in [0.1, 0.15) is 0 Å². The Balaban J connectivity index is 1.80. The van der Waals surface area contributed by atoms with Gasteiger partial charge in [-0.3, -0.25) is 0 Å². The van der Waals surface area contributed by atoms with Crippen LogP contribution in [-0.2, 0) is 4.74 Å². The van der Waals surface area contributed by atoms with E-state index in [1.165, 1.54) is 11.3 Å². The Morgan fingerprint density at radius 3 is 3.18 bits per heavy atom. The predicted octanol–water partition coefficient (Wildman–Crippen LogP) is 2.33. The van der Waals surface area contributed by atoms with E-state index in [-0.39, 0.29) is 6.09 Å². The van der Waals surface area contributed by atoms with Crippen LogP contribution < -0.4 is 10.6 Å². The third-order valence-electron chi connectivity index (χ3n) is 2.98. The van der Waals surface area contributed by atoms with Gasteiger partial charge in [0.15, 0.2) is 0 Å². The Morgan fingerprint density at radius 2 is 2.35 bits per heavy atom. The highest BCUT2D eigenvalue weighted by Gasteiger charge is 2.20. The number of alkyl carbamates (subject to hydrolysis) is 1. The number of ether oxygens (including phenoxy) is 1. The number of hydrogen-bond donors (Lipinski definition) is 2. The van der Waals surface area contributed by atoms with Crippen molar-refractivity contribution in [2.45, 2.75) is 19.3 Å². The molecule has 0 aromatic heterocycles. The van der Waals surface area contributed by atoms with Crippen LogP contribution in [0.5, 0.6) is 0 Å². The second-order valence-electron chi connectivity index (χ2n) is 4.10. The Morgan fingerprint density at radius 1 is 1.53 bits per heavy atom. The fourth-order valence-corrected chi connectivity index (χ4v) is 2.15. The molecule has 1 aliphatic heterocycles. The molecule has 0 spiro atoms. The highest BCUT2D eigenvalue weighted by molar-refractivity contribution is 5.67. The van der Waals surface area contributed by atoms with Crippen LogP contribution in [0.1, 0.15) is 24.8 Å². The molecule has 1 aromatic rings. The van der Waals surface area contributed by atoms with Crippen LogP contribution in [0.4, 0.5) is 10.5 Å². The first kappa shape index (κ1) is 11.8. The summed E-state index contributed by atoms with van der Waals surface area (Å²) in [7, 11) is 0. The van der Waals surface area contributed by atoms with Gasteiger partial charge in [-0.1, -0.05) is 18.2 Å². The number of benzene rings is 1. The molecular formula is C13H18N2O2. The Bertz CT molecular complexity index is 393. The first-order valence-electron chi connectivity index (χ1n) is 6.04. The van der Waals surface area contributed by atoms with Crippen molar-refractivity contribution in [2.75, 3.05) is 25.0 Å². The van der Waals surface area contributed by atoms with E-state index in [1.54, 1.807) is 6.92 Å². The Labute approximate surface area is 101 Å². The molecule has 0 radical (unpaired) electrons. The molecule has 0 saturated carbocycles. The lowest BCUT2D eigenvalue weighted by molar-refractivity contribution is 0.152. The zero-order chi connectivity index (χ0) is 12.1. The highest BCUT2D eigenvalue weighted by atomic mass is 16.5. The van der Waals surface area contributed by atoms with E-state index >= 15 is 0 Å². The van der Waals surface area contributed by atoms with Gasteiger partial charge in [-0.25, -0.2) is 4.79 Å². The van der Waals surface area contributed by atoms with Gasteiger partial charge >= 0.3 is 6.09 Å². The van der Waals surface area contributed by atoms with Gasteiger partial charge in [0, 0.05) is 24.7 Å². The van der Waals surface area contributed by atoms with Crippen molar-refractivity contribution in [1.29, 1.82) is 0 Å². The van der Waals surface area contributed by atoms with Crippen molar-refractivity contribution in [2.24, 2.45) is 0 Å². The molecule has 0 bridgehead atoms. The second-order valence-corrected chi connectivity index (χ2v) is 4.10. The average Bonchev–Trinajstić information content (AvgIpc) is 2.73. The van der Waals surface area contributed by atoms with Gasteiger partial charge in [0.25, 0.3) is 0 Å². The maximum atomic E-state index is 11.1. The average molecular weight is 234 g/mol. The zero-order valence-corrected chi connectivity index (χ0v) is 10.0. The number of carbonyl (C=O) groups excluding carboxylic acids is 1. The molecule has 1 aliphatic rings. The summed E-state index contributed by atoms with van der Waals surface area (Å²) in [5.41, 5.74) is 2.56. The van der Waals surface area contributed by atoms with Crippen molar-refractivity contribution in [1.82, 2.24) is 5.32 Å². The number of anilines is 1. The number of para-hydroxylation sites is 1. The minimum Gasteiger partial charge on any atom is -0.450 e. The summed E-state index contributed by atoms with van der Waals surface area (Å²) in [4.78, 5) is 11.1. The SMILES string of the molecule is CCOC(=O)NCCC1CNc2ccccc21. The van der Waals surface area contributed by atoms with E-state index in [4.69, 9.17) is 4.74 Å². The molecule has 2 rings (SSSR count). The van der Waals surface area contributed by atoms with Crippen molar-refractivity contribution in [3.8, 4) is 0 Å². The largest absolute Gasteiger partial charge is 0.450 e. The molecule has 1 heterocycles. The van der Waals surface area contributed by atoms with Crippen molar-refractivity contribution >= 4 is 11.8 Å². The van der Waals surface area contributed by atoms with E-state index < -0.39 is 0 Å². The van der Waals surface area contributed by atoms with Crippen molar-refractivity contribution < 1.29 is 9.53 Å². The summed E-state index contributed by atoms with van der Waals surface area (Å²) in [6.07, 6.45) is 0.606. The van der Waals surface area contributed by atoms with E-state index in [9.17, 15) is 4.79 Å². The van der Waals surface area contributed by atoms with Gasteiger partial charge in [-0.05, 0) is 25.0 Å². The topological polar surface area (TPSA) is 50.4 Å². The lowest BCUT2D eigenvalue weighted by Gasteiger charge is -2.10. The number of nitrogens with one attached hydrogen (secondary N) is 2.